The van der Waals surface area contributed by atoms with E-state index in [2.05, 4.69) is 15.0 Å². The fraction of sp³-hybridized carbons (Fsp3) is 0.250. The van der Waals surface area contributed by atoms with Crippen LogP contribution in [-0.4, -0.2) is 61.1 Å². The monoisotopic (exact) mass is 383 g/mol. The summed E-state index contributed by atoms with van der Waals surface area (Å²) in [5.74, 6) is 0.701. The summed E-state index contributed by atoms with van der Waals surface area (Å²) in [5.41, 5.74) is 2.72. The van der Waals surface area contributed by atoms with Crippen LogP contribution in [0.5, 0.6) is 5.75 Å². The summed E-state index contributed by atoms with van der Waals surface area (Å²) < 4.78 is 17.8. The number of aromatic amines is 1. The van der Waals surface area contributed by atoms with Crippen LogP contribution in [0, 0.1) is 24.0 Å². The van der Waals surface area contributed by atoms with Crippen LogP contribution in [0.3, 0.4) is 0 Å². The Morgan fingerprint density at radius 2 is 2.08 bits per heavy atom. The van der Waals surface area contributed by atoms with Gasteiger partial charge in [-0.15, -0.1) is 0 Å². The number of hydrogen-bond donors (Lipinski definition) is 1. The number of ether oxygens (including phenoxy) is 1. The van der Waals surface area contributed by atoms with Crippen LogP contribution in [0.1, 0.15) is 16.8 Å². The maximum absolute atomic E-state index is 12.6. The number of nitrogens with one attached hydrogen (secondary N) is 1. The molecule has 1 radical (unpaired) electrons. The molecule has 0 amide bonds. The van der Waals surface area contributed by atoms with Gasteiger partial charge in [-0.2, -0.15) is 4.98 Å². The summed E-state index contributed by atoms with van der Waals surface area (Å²) in [4.78, 5) is 22.3. The van der Waals surface area contributed by atoms with Gasteiger partial charge in [0.05, 0.1) is 34.3 Å². The van der Waals surface area contributed by atoms with E-state index in [0.717, 1.165) is 5.52 Å². The Kier molecular flexibility index (Phi) is 6.64. The number of benzene rings is 1. The first-order valence-electron chi connectivity index (χ1n) is 7.42. The topological polar surface area (TPSA) is 117 Å². The zero-order chi connectivity index (χ0) is 18.1. The van der Waals surface area contributed by atoms with Gasteiger partial charge in [0.2, 0.25) is 0 Å². The van der Waals surface area contributed by atoms with Gasteiger partial charge in [-0.1, -0.05) is 0 Å². The number of nitrogens with zero attached hydrogens (tertiary/aromatic N) is 3. The average molecular weight is 383 g/mol. The van der Waals surface area contributed by atoms with E-state index in [1.54, 1.807) is 39.2 Å². The van der Waals surface area contributed by atoms with Crippen LogP contribution in [-0.2, 0) is 16.9 Å². The van der Waals surface area contributed by atoms with Crippen molar-refractivity contribution in [2.24, 2.45) is 0 Å². The third kappa shape index (κ3) is 4.02. The molecule has 0 saturated carbocycles. The fourth-order valence-corrected chi connectivity index (χ4v) is 3.68. The zero-order valence-electron chi connectivity index (χ0n) is 14.9. The summed E-state index contributed by atoms with van der Waals surface area (Å²) in [6.07, 6.45) is 1.43. The van der Waals surface area contributed by atoms with Crippen molar-refractivity contribution in [2.75, 3.05) is 7.11 Å². The van der Waals surface area contributed by atoms with Gasteiger partial charge in [0, 0.05) is 58.6 Å². The summed E-state index contributed by atoms with van der Waals surface area (Å²) in [5, 5.41) is 11.5. The molecule has 0 fully saturated rings. The predicted octanol–water partition coefficient (Wildman–Crippen LogP) is 2.42. The van der Waals surface area contributed by atoms with E-state index in [9.17, 15) is 14.7 Å². The van der Waals surface area contributed by atoms with Crippen LogP contribution in [0.15, 0.2) is 29.6 Å². The first-order valence-corrected chi connectivity index (χ1v) is 8.74. The first-order chi connectivity index (χ1) is 11.9. The largest absolute Gasteiger partial charge is 0.609 e. The second-order valence-electron chi connectivity index (χ2n) is 5.53. The van der Waals surface area contributed by atoms with Gasteiger partial charge in [-0.25, -0.2) is 0 Å². The Bertz CT molecular complexity index is 963. The maximum atomic E-state index is 12.6. The van der Waals surface area contributed by atoms with Crippen molar-refractivity contribution in [3.63, 3.8) is 0 Å². The van der Waals surface area contributed by atoms with E-state index in [1.807, 2.05) is 0 Å². The number of hydrogen-bond acceptors (Lipinski definition) is 6. The molecule has 3 aromatic rings. The molecular weight excluding hydrogens is 367 g/mol. The van der Waals surface area contributed by atoms with E-state index >= 15 is 0 Å². The molecule has 0 spiro atoms. The van der Waals surface area contributed by atoms with E-state index in [1.165, 1.54) is 6.20 Å². The van der Waals surface area contributed by atoms with Crippen molar-refractivity contribution < 1.29 is 14.2 Å². The normalized spacial score (nSPS) is 11.8. The van der Waals surface area contributed by atoms with Crippen LogP contribution in [0.4, 0.5) is 5.69 Å². The third-order valence-electron chi connectivity index (χ3n) is 3.91. The number of rotatable bonds is 5. The number of pyridine rings is 1. The second kappa shape index (κ2) is 8.36. The molecule has 10 heteroatoms. The second-order valence-corrected chi connectivity index (χ2v) is 6.90. The average Bonchev–Trinajstić information content (AvgIpc) is 3.00. The molecule has 0 aliphatic heterocycles. The minimum absolute atomic E-state index is 0. The number of H-pyrrole nitrogens is 1. The van der Waals surface area contributed by atoms with Crippen LogP contribution >= 0.6 is 0 Å². The quantitative estimate of drug-likeness (QED) is 0.313. The van der Waals surface area contributed by atoms with Gasteiger partial charge in [-0.05, 0) is 26.0 Å². The van der Waals surface area contributed by atoms with Gasteiger partial charge in [0.25, 0.3) is 5.69 Å². The van der Waals surface area contributed by atoms with Crippen LogP contribution in [0.25, 0.3) is 11.0 Å². The summed E-state index contributed by atoms with van der Waals surface area (Å²) >= 11 is -1.51. The van der Waals surface area contributed by atoms with Gasteiger partial charge in [-0.3, -0.25) is 20.1 Å². The molecule has 2 aromatic heterocycles. The van der Waals surface area contributed by atoms with Crippen molar-refractivity contribution in [3.05, 3.63) is 51.3 Å². The summed E-state index contributed by atoms with van der Waals surface area (Å²) in [6.45, 7) is 3.25. The van der Waals surface area contributed by atoms with E-state index < -0.39 is 16.1 Å². The Labute approximate surface area is 175 Å². The third-order valence-corrected chi connectivity index (χ3v) is 5.07. The van der Waals surface area contributed by atoms with Crippen molar-refractivity contribution in [1.29, 1.82) is 0 Å². The molecule has 0 aliphatic rings. The van der Waals surface area contributed by atoms with E-state index in [4.69, 9.17) is 4.74 Å². The molecule has 3 rings (SSSR count). The molecule has 0 saturated heterocycles. The van der Waals surface area contributed by atoms with Crippen molar-refractivity contribution in [3.8, 4) is 5.75 Å². The molecule has 1 aromatic carbocycles. The van der Waals surface area contributed by atoms with Gasteiger partial charge < -0.3 is 9.29 Å². The van der Waals surface area contributed by atoms with Crippen molar-refractivity contribution >= 4 is 57.5 Å². The number of nitro groups is 1. The minimum atomic E-state index is -1.51. The summed E-state index contributed by atoms with van der Waals surface area (Å²) in [6, 6.07) is 5.32. The Hall–Kier alpha value is -1.65. The molecule has 131 valence electrons. The van der Waals surface area contributed by atoms with Crippen molar-refractivity contribution in [1.82, 2.24) is 15.0 Å². The number of fused-ring (bicyclic) bond motifs is 1. The SMILES string of the molecule is COc1ccc2[nH]c([S@@+]([O-])Cc3ncc(C)c([N+](=O)[O-])c3C)nc2c1.[Na]. The molecule has 8 nitrogen and oxygen atoms in total. The number of methoxy groups -OCH3 is 1. The number of imidazole rings is 1. The van der Waals surface area contributed by atoms with E-state index in [-0.39, 0.29) is 41.0 Å². The van der Waals surface area contributed by atoms with Gasteiger partial charge >= 0.3 is 5.16 Å². The first kappa shape index (κ1) is 20.7. The van der Waals surface area contributed by atoms with Crippen LogP contribution < -0.4 is 4.74 Å². The Balaban J connectivity index is 0.00000243. The van der Waals surface area contributed by atoms with E-state index in [0.29, 0.717) is 33.2 Å². The van der Waals surface area contributed by atoms with Crippen LogP contribution in [0.2, 0.25) is 0 Å². The number of aryl methyl sites for hydroxylation is 1. The van der Waals surface area contributed by atoms with Crippen molar-refractivity contribution in [2.45, 2.75) is 24.8 Å². The zero-order valence-corrected chi connectivity index (χ0v) is 17.7. The molecule has 26 heavy (non-hydrogen) atoms. The fourth-order valence-electron chi connectivity index (χ4n) is 2.58. The van der Waals surface area contributed by atoms with Gasteiger partial charge in [0.15, 0.2) is 5.75 Å². The molecule has 2 heterocycles. The number of aromatic nitrogens is 3. The molecule has 0 bridgehead atoms. The molecular formula is C16H16N4NaO4S. The summed E-state index contributed by atoms with van der Waals surface area (Å²) in [7, 11) is 1.56. The Morgan fingerprint density at radius 1 is 1.35 bits per heavy atom. The molecule has 0 unspecified atom stereocenters. The molecule has 1 N–H and O–H groups in total. The Morgan fingerprint density at radius 3 is 2.73 bits per heavy atom. The molecule has 1 atom stereocenters. The molecule has 0 aliphatic carbocycles. The predicted molar refractivity (Wildman–Crippen MR) is 98.9 cm³/mol. The maximum Gasteiger partial charge on any atom is 0.322 e. The minimum Gasteiger partial charge on any atom is -0.609 e. The van der Waals surface area contributed by atoms with Gasteiger partial charge in [0.1, 0.15) is 5.75 Å². The smallest absolute Gasteiger partial charge is 0.322 e. The standard InChI is InChI=1S/C16H16N4O4S.Na/c1-9-7-17-14(10(2)15(9)20(21)22)8-25(23)16-18-12-5-4-11(24-3)6-13(12)19-16;/h4-7H,8H2,1-3H3,(H,18,19);/t25-;/m0./s1.